The van der Waals surface area contributed by atoms with Gasteiger partial charge in [0.1, 0.15) is 17.2 Å². The summed E-state index contributed by atoms with van der Waals surface area (Å²) in [6.07, 6.45) is 0.748. The van der Waals surface area contributed by atoms with Crippen molar-refractivity contribution in [1.29, 1.82) is 0 Å². The molecule has 2 aromatic carbocycles. The van der Waals surface area contributed by atoms with Crippen molar-refractivity contribution in [2.75, 3.05) is 7.11 Å². The first-order valence-electron chi connectivity index (χ1n) is 8.72. The van der Waals surface area contributed by atoms with Gasteiger partial charge in [-0.2, -0.15) is 0 Å². The molecule has 0 unspecified atom stereocenters. The molecule has 0 saturated carbocycles. The number of phenolic OH excluding ortho intramolecular Hbond substituents is 2. The quantitative estimate of drug-likeness (QED) is 0.559. The maximum atomic E-state index is 10.3. The van der Waals surface area contributed by atoms with Crippen LogP contribution in [0.15, 0.2) is 41.6 Å². The fourth-order valence-corrected chi connectivity index (χ4v) is 3.21. The molecule has 0 atom stereocenters. The lowest BCUT2D eigenvalue weighted by Gasteiger charge is -2.14. The van der Waals surface area contributed by atoms with Crippen LogP contribution in [0, 0.1) is 0 Å². The molecule has 3 aromatic rings. The van der Waals surface area contributed by atoms with Crippen LogP contribution in [0.3, 0.4) is 0 Å². The lowest BCUT2D eigenvalue weighted by Crippen LogP contribution is -2.05. The Bertz CT molecular complexity index is 936. The highest BCUT2D eigenvalue weighted by atomic mass is 32.1. The fourth-order valence-electron chi connectivity index (χ4n) is 2.97. The number of hydrogen-bond acceptors (Lipinski definition) is 6. The van der Waals surface area contributed by atoms with Gasteiger partial charge in [0.15, 0.2) is 11.0 Å². The average Bonchev–Trinajstić information content (AvgIpc) is 3.00. The number of ether oxygens (including phenoxy) is 1. The van der Waals surface area contributed by atoms with E-state index in [1.54, 1.807) is 13.2 Å². The van der Waals surface area contributed by atoms with E-state index < -0.39 is 0 Å². The summed E-state index contributed by atoms with van der Waals surface area (Å²) in [5, 5.41) is 29.1. The highest BCUT2D eigenvalue weighted by molar-refractivity contribution is 7.80. The molecule has 0 bridgehead atoms. The second-order valence-corrected chi connectivity index (χ2v) is 7.06. The molecule has 1 aromatic heterocycles. The second-order valence-electron chi connectivity index (χ2n) is 6.66. The van der Waals surface area contributed by atoms with Crippen molar-refractivity contribution in [2.24, 2.45) is 0 Å². The van der Waals surface area contributed by atoms with Crippen molar-refractivity contribution < 1.29 is 14.9 Å². The van der Waals surface area contributed by atoms with Crippen LogP contribution >= 0.6 is 12.6 Å². The van der Waals surface area contributed by atoms with Crippen LogP contribution in [-0.2, 0) is 13.0 Å². The van der Waals surface area contributed by atoms with Gasteiger partial charge in [-0.15, -0.1) is 22.8 Å². The van der Waals surface area contributed by atoms with E-state index in [0.717, 1.165) is 23.3 Å². The summed E-state index contributed by atoms with van der Waals surface area (Å²) >= 11 is 4.41. The Morgan fingerprint density at radius 1 is 1.07 bits per heavy atom. The first-order chi connectivity index (χ1) is 12.9. The van der Waals surface area contributed by atoms with Gasteiger partial charge in [-0.25, -0.2) is 0 Å². The summed E-state index contributed by atoms with van der Waals surface area (Å²) in [6.45, 7) is 4.56. The molecule has 1 heterocycles. The predicted octanol–water partition coefficient (Wildman–Crippen LogP) is 4.02. The summed E-state index contributed by atoms with van der Waals surface area (Å²) < 4.78 is 7.03. The van der Waals surface area contributed by atoms with Crippen LogP contribution in [-0.4, -0.2) is 32.1 Å². The fraction of sp³-hybridized carbons (Fsp3) is 0.300. The first kappa shape index (κ1) is 19.1. The highest BCUT2D eigenvalue weighted by Crippen LogP contribution is 2.37. The minimum atomic E-state index is -0.0386. The number of thiol groups is 1. The number of aromatic hydroxyl groups is 2. The zero-order valence-corrected chi connectivity index (χ0v) is 16.4. The minimum Gasteiger partial charge on any atom is -0.508 e. The Balaban J connectivity index is 1.91. The molecule has 7 heteroatoms. The van der Waals surface area contributed by atoms with Gasteiger partial charge in [-0.3, -0.25) is 0 Å². The van der Waals surface area contributed by atoms with Crippen molar-refractivity contribution in [2.45, 2.75) is 37.9 Å². The van der Waals surface area contributed by atoms with Gasteiger partial charge in [0.25, 0.3) is 0 Å². The van der Waals surface area contributed by atoms with Gasteiger partial charge in [0, 0.05) is 12.6 Å². The van der Waals surface area contributed by atoms with Gasteiger partial charge in [-0.05, 0) is 41.7 Å². The Morgan fingerprint density at radius 2 is 1.78 bits per heavy atom. The van der Waals surface area contributed by atoms with Crippen LogP contribution in [0.2, 0.25) is 0 Å². The number of benzene rings is 2. The zero-order valence-electron chi connectivity index (χ0n) is 15.5. The molecule has 0 aliphatic carbocycles. The summed E-state index contributed by atoms with van der Waals surface area (Å²) in [5.74, 6) is 1.47. The van der Waals surface area contributed by atoms with E-state index in [2.05, 4.69) is 22.8 Å². The van der Waals surface area contributed by atoms with E-state index in [4.69, 9.17) is 4.74 Å². The largest absolute Gasteiger partial charge is 0.508 e. The van der Waals surface area contributed by atoms with Crippen LogP contribution in [0.1, 0.15) is 30.9 Å². The SMILES string of the molecule is COc1ccc(CCn2c(S)nnc2-c2cc(C(C)C)c(O)cc2O)cc1. The zero-order chi connectivity index (χ0) is 19.6. The van der Waals surface area contributed by atoms with Gasteiger partial charge in [0.2, 0.25) is 0 Å². The molecule has 27 heavy (non-hydrogen) atoms. The summed E-state index contributed by atoms with van der Waals surface area (Å²) in [7, 11) is 1.64. The molecule has 0 fully saturated rings. The van der Waals surface area contributed by atoms with E-state index in [9.17, 15) is 10.2 Å². The van der Waals surface area contributed by atoms with E-state index in [1.807, 2.05) is 42.7 Å². The lowest BCUT2D eigenvalue weighted by molar-refractivity contribution is 0.414. The molecular formula is C20H23N3O3S. The van der Waals surface area contributed by atoms with Gasteiger partial charge in [-0.1, -0.05) is 26.0 Å². The number of nitrogens with zero attached hydrogens (tertiary/aromatic N) is 3. The summed E-state index contributed by atoms with van der Waals surface area (Å²) in [5.41, 5.74) is 2.41. The Kier molecular flexibility index (Phi) is 5.60. The maximum absolute atomic E-state index is 10.3. The van der Waals surface area contributed by atoms with Gasteiger partial charge < -0.3 is 19.5 Å². The molecule has 142 valence electrons. The van der Waals surface area contributed by atoms with Crippen molar-refractivity contribution >= 4 is 12.6 Å². The van der Waals surface area contributed by atoms with Crippen molar-refractivity contribution in [3.63, 3.8) is 0 Å². The standard InChI is InChI=1S/C20H23N3O3S/c1-12(2)15-10-16(18(25)11-17(15)24)19-21-22-20(27)23(19)9-8-13-4-6-14(26-3)7-5-13/h4-7,10-12,24-25H,8-9H2,1-3H3,(H,22,27). The normalized spacial score (nSPS) is 11.1. The van der Waals surface area contributed by atoms with Crippen LogP contribution in [0.4, 0.5) is 0 Å². The van der Waals surface area contributed by atoms with Crippen molar-refractivity contribution in [3.8, 4) is 28.6 Å². The summed E-state index contributed by atoms with van der Waals surface area (Å²) in [4.78, 5) is 0. The molecule has 0 spiro atoms. The van der Waals surface area contributed by atoms with E-state index >= 15 is 0 Å². The lowest BCUT2D eigenvalue weighted by atomic mass is 9.98. The topological polar surface area (TPSA) is 80.4 Å². The van der Waals surface area contributed by atoms with E-state index in [1.165, 1.54) is 6.07 Å². The minimum absolute atomic E-state index is 0.0386. The molecule has 0 radical (unpaired) electrons. The smallest absolute Gasteiger partial charge is 0.188 e. The molecule has 3 rings (SSSR count). The number of rotatable bonds is 6. The van der Waals surface area contributed by atoms with Crippen LogP contribution < -0.4 is 4.74 Å². The van der Waals surface area contributed by atoms with Crippen molar-refractivity contribution in [3.05, 3.63) is 47.5 Å². The average molecular weight is 385 g/mol. The van der Waals surface area contributed by atoms with Gasteiger partial charge >= 0.3 is 0 Å². The number of phenols is 2. The highest BCUT2D eigenvalue weighted by Gasteiger charge is 2.19. The third-order valence-corrected chi connectivity index (χ3v) is 4.85. The third-order valence-electron chi connectivity index (χ3n) is 4.52. The number of hydrogen-bond donors (Lipinski definition) is 3. The molecule has 0 aliphatic rings. The molecule has 6 nitrogen and oxygen atoms in total. The maximum Gasteiger partial charge on any atom is 0.188 e. The number of aryl methyl sites for hydroxylation is 1. The van der Waals surface area contributed by atoms with E-state index in [0.29, 0.717) is 23.1 Å². The number of methoxy groups -OCH3 is 1. The van der Waals surface area contributed by atoms with Gasteiger partial charge in [0.05, 0.1) is 12.7 Å². The molecular weight excluding hydrogens is 362 g/mol. The van der Waals surface area contributed by atoms with Crippen LogP contribution in [0.5, 0.6) is 17.2 Å². The van der Waals surface area contributed by atoms with Crippen LogP contribution in [0.25, 0.3) is 11.4 Å². The predicted molar refractivity (Wildman–Crippen MR) is 107 cm³/mol. The molecule has 0 saturated heterocycles. The molecule has 2 N–H and O–H groups in total. The van der Waals surface area contributed by atoms with E-state index in [-0.39, 0.29) is 17.4 Å². The second kappa shape index (κ2) is 7.92. The third kappa shape index (κ3) is 4.03. The Labute approximate surface area is 163 Å². The van der Waals surface area contributed by atoms with Crippen molar-refractivity contribution in [1.82, 2.24) is 14.8 Å². The molecule has 0 amide bonds. The summed E-state index contributed by atoms with van der Waals surface area (Å²) in [6, 6.07) is 11.0. The monoisotopic (exact) mass is 385 g/mol. The number of aromatic nitrogens is 3. The Morgan fingerprint density at radius 3 is 2.41 bits per heavy atom. The molecule has 0 aliphatic heterocycles. The Hall–Kier alpha value is -2.67. The first-order valence-corrected chi connectivity index (χ1v) is 9.16.